The second kappa shape index (κ2) is 11.0. The maximum absolute atomic E-state index is 14.7. The predicted octanol–water partition coefficient (Wildman–Crippen LogP) is 5.11. The van der Waals surface area contributed by atoms with Crippen molar-refractivity contribution in [3.63, 3.8) is 0 Å². The highest BCUT2D eigenvalue weighted by atomic mass is 127. The molecule has 0 saturated heterocycles. The minimum Gasteiger partial charge on any atom is -0.394 e. The average molecular weight is 616 g/mol. The molecule has 0 radical (unpaired) electrons. The van der Waals surface area contributed by atoms with Crippen LogP contribution in [0.3, 0.4) is 0 Å². The molecule has 36 heavy (non-hydrogen) atoms. The molecule has 4 rings (SSSR count). The first-order chi connectivity index (χ1) is 17.2. The van der Waals surface area contributed by atoms with Gasteiger partial charge in [0.1, 0.15) is 11.5 Å². The average Bonchev–Trinajstić information content (AvgIpc) is 3.14. The fraction of sp³-hybridized carbons (Fsp3) is 0.250. The molecular formula is C24H21F4IN4O3. The number of hydroxylamine groups is 1. The second-order valence-corrected chi connectivity index (χ2v) is 9.20. The highest BCUT2D eigenvalue weighted by molar-refractivity contribution is 14.1. The van der Waals surface area contributed by atoms with Gasteiger partial charge in [0.25, 0.3) is 5.91 Å². The van der Waals surface area contributed by atoms with E-state index in [1.807, 2.05) is 28.7 Å². The zero-order chi connectivity index (χ0) is 25.9. The van der Waals surface area contributed by atoms with Crippen molar-refractivity contribution in [3.05, 3.63) is 81.1 Å². The van der Waals surface area contributed by atoms with Crippen LogP contribution in [0.1, 0.15) is 28.0 Å². The maximum atomic E-state index is 14.7. The number of carbonyl (C=O) groups is 1. The first kappa shape index (κ1) is 26.1. The van der Waals surface area contributed by atoms with E-state index in [2.05, 4.69) is 15.8 Å². The van der Waals surface area contributed by atoms with Crippen molar-refractivity contribution in [2.75, 3.05) is 18.5 Å². The SMILES string of the molecule is O=C(NOCCO)c1c(NC2CC=C(I)C=C2F)c2cnccc2n1Cc1ccc(C(F)(F)F)cc1. The number of benzene rings is 1. The number of halogens is 5. The van der Waals surface area contributed by atoms with Gasteiger partial charge in [-0.2, -0.15) is 13.2 Å². The maximum Gasteiger partial charge on any atom is 0.416 e. The minimum absolute atomic E-state index is 0.0455. The summed E-state index contributed by atoms with van der Waals surface area (Å²) in [4.78, 5) is 22.4. The number of rotatable bonds is 8. The quantitative estimate of drug-likeness (QED) is 0.142. The zero-order valence-corrected chi connectivity index (χ0v) is 20.8. The number of hydrogen-bond acceptors (Lipinski definition) is 5. The van der Waals surface area contributed by atoms with Crippen molar-refractivity contribution >= 4 is 45.1 Å². The number of nitrogens with one attached hydrogen (secondary N) is 2. The molecule has 190 valence electrons. The number of aliphatic hydroxyl groups excluding tert-OH is 1. The molecule has 7 nitrogen and oxygen atoms in total. The molecule has 0 fully saturated rings. The largest absolute Gasteiger partial charge is 0.416 e. The van der Waals surface area contributed by atoms with Crippen LogP contribution in [-0.2, 0) is 17.6 Å². The van der Waals surface area contributed by atoms with E-state index in [0.717, 1.165) is 15.7 Å². The predicted molar refractivity (Wildman–Crippen MR) is 134 cm³/mol. The van der Waals surface area contributed by atoms with Gasteiger partial charge in [-0.25, -0.2) is 9.87 Å². The van der Waals surface area contributed by atoms with Gasteiger partial charge in [-0.15, -0.1) is 0 Å². The Hall–Kier alpha value is -2.97. The van der Waals surface area contributed by atoms with E-state index in [0.29, 0.717) is 28.6 Å². The fourth-order valence-corrected chi connectivity index (χ4v) is 4.42. The van der Waals surface area contributed by atoms with Crippen LogP contribution in [0.15, 0.2) is 64.3 Å². The van der Waals surface area contributed by atoms with Gasteiger partial charge in [0.05, 0.1) is 36.0 Å². The lowest BCUT2D eigenvalue weighted by Gasteiger charge is -2.21. The highest BCUT2D eigenvalue weighted by Gasteiger charge is 2.30. The zero-order valence-electron chi connectivity index (χ0n) is 18.6. The van der Waals surface area contributed by atoms with E-state index >= 15 is 0 Å². The van der Waals surface area contributed by atoms with Crippen LogP contribution in [0.5, 0.6) is 0 Å². The number of carbonyl (C=O) groups excluding carboxylic acids is 1. The van der Waals surface area contributed by atoms with Crippen molar-refractivity contribution in [2.24, 2.45) is 0 Å². The van der Waals surface area contributed by atoms with E-state index < -0.39 is 29.5 Å². The van der Waals surface area contributed by atoms with E-state index in [-0.39, 0.29) is 25.5 Å². The molecule has 0 saturated carbocycles. The molecule has 3 aromatic rings. The Balaban J connectivity index is 1.78. The van der Waals surface area contributed by atoms with E-state index in [1.165, 1.54) is 30.6 Å². The number of alkyl halides is 3. The summed E-state index contributed by atoms with van der Waals surface area (Å²) in [5.74, 6) is -1.09. The second-order valence-electron chi connectivity index (χ2n) is 7.95. The number of aliphatic hydroxyl groups is 1. The highest BCUT2D eigenvalue weighted by Crippen LogP contribution is 2.35. The molecule has 2 heterocycles. The Morgan fingerprint density at radius 2 is 2.00 bits per heavy atom. The normalized spacial score (nSPS) is 16.0. The molecule has 2 aromatic heterocycles. The summed E-state index contributed by atoms with van der Waals surface area (Å²) >= 11 is 2.02. The van der Waals surface area contributed by atoms with Crippen LogP contribution in [-0.4, -0.2) is 39.8 Å². The Bertz CT molecular complexity index is 1320. The molecule has 1 unspecified atom stereocenters. The Labute approximate surface area is 216 Å². The van der Waals surface area contributed by atoms with E-state index in [9.17, 15) is 22.4 Å². The van der Waals surface area contributed by atoms with Crippen LogP contribution in [0, 0.1) is 0 Å². The molecular weight excluding hydrogens is 595 g/mol. The van der Waals surface area contributed by atoms with Crippen LogP contribution < -0.4 is 10.8 Å². The van der Waals surface area contributed by atoms with E-state index in [4.69, 9.17) is 9.94 Å². The van der Waals surface area contributed by atoms with Crippen molar-refractivity contribution in [2.45, 2.75) is 25.2 Å². The number of amides is 1. The summed E-state index contributed by atoms with van der Waals surface area (Å²) in [6.07, 6.45) is 2.16. The summed E-state index contributed by atoms with van der Waals surface area (Å²) in [5.41, 5.74) is 2.92. The van der Waals surface area contributed by atoms with Gasteiger partial charge in [-0.1, -0.05) is 18.2 Å². The van der Waals surface area contributed by atoms with Gasteiger partial charge >= 0.3 is 6.18 Å². The van der Waals surface area contributed by atoms with Crippen molar-refractivity contribution in [1.82, 2.24) is 15.0 Å². The Morgan fingerprint density at radius 1 is 1.25 bits per heavy atom. The van der Waals surface area contributed by atoms with Crippen LogP contribution in [0.4, 0.5) is 23.2 Å². The Kier molecular flexibility index (Phi) is 7.95. The van der Waals surface area contributed by atoms with E-state index in [1.54, 1.807) is 10.6 Å². The molecule has 0 aliphatic heterocycles. The van der Waals surface area contributed by atoms with Crippen LogP contribution in [0.25, 0.3) is 10.9 Å². The van der Waals surface area contributed by atoms with Gasteiger partial charge in [0.2, 0.25) is 0 Å². The smallest absolute Gasteiger partial charge is 0.394 e. The molecule has 1 aliphatic carbocycles. The van der Waals surface area contributed by atoms with Crippen LogP contribution >= 0.6 is 22.6 Å². The third kappa shape index (κ3) is 5.71. The van der Waals surface area contributed by atoms with Gasteiger partial charge in [-0.05, 0) is 58.9 Å². The molecule has 1 aliphatic rings. The standard InChI is InChI=1S/C24H21F4IN4O3/c25-18-11-16(29)5-6-19(18)31-21-17-12-30-8-7-20(17)33(22(21)23(35)32-36-10-9-34)13-14-1-3-15(4-2-14)24(26,27)28/h1-5,7-8,11-12,19,31,34H,6,9-10,13H2,(H,32,35). The summed E-state index contributed by atoms with van der Waals surface area (Å²) in [5, 5.41) is 12.6. The molecule has 12 heteroatoms. The molecule has 1 atom stereocenters. The van der Waals surface area contributed by atoms with Gasteiger partial charge in [-0.3, -0.25) is 14.6 Å². The van der Waals surface area contributed by atoms with Gasteiger partial charge < -0.3 is 15.0 Å². The summed E-state index contributed by atoms with van der Waals surface area (Å²) in [6, 6.07) is 5.54. The molecule has 0 bridgehead atoms. The summed E-state index contributed by atoms with van der Waals surface area (Å²) in [6.45, 7) is -0.435. The fourth-order valence-electron chi connectivity index (χ4n) is 3.87. The molecule has 1 amide bonds. The third-order valence-electron chi connectivity index (χ3n) is 5.54. The molecule has 0 spiro atoms. The van der Waals surface area contributed by atoms with Crippen molar-refractivity contribution < 1.29 is 32.3 Å². The lowest BCUT2D eigenvalue weighted by Crippen LogP contribution is -2.30. The monoisotopic (exact) mass is 616 g/mol. The number of anilines is 1. The lowest BCUT2D eigenvalue weighted by atomic mass is 10.1. The number of aromatic nitrogens is 2. The van der Waals surface area contributed by atoms with Gasteiger partial charge in [0.15, 0.2) is 0 Å². The van der Waals surface area contributed by atoms with Gasteiger partial charge in [0, 0.05) is 27.9 Å². The summed E-state index contributed by atoms with van der Waals surface area (Å²) in [7, 11) is 0. The number of hydrogen-bond donors (Lipinski definition) is 3. The first-order valence-electron chi connectivity index (χ1n) is 10.8. The van der Waals surface area contributed by atoms with Crippen LogP contribution in [0.2, 0.25) is 0 Å². The summed E-state index contributed by atoms with van der Waals surface area (Å²) < 4.78 is 56.1. The number of nitrogens with zero attached hydrogens (tertiary/aromatic N) is 2. The number of allylic oxidation sites excluding steroid dienone is 2. The third-order valence-corrected chi connectivity index (χ3v) is 6.29. The lowest BCUT2D eigenvalue weighted by molar-refractivity contribution is -0.137. The topological polar surface area (TPSA) is 88.4 Å². The minimum atomic E-state index is -4.47. The number of fused-ring (bicyclic) bond motifs is 1. The molecule has 3 N–H and O–H groups in total. The van der Waals surface area contributed by atoms with Crippen molar-refractivity contribution in [1.29, 1.82) is 0 Å². The number of pyridine rings is 1. The van der Waals surface area contributed by atoms with Crippen molar-refractivity contribution in [3.8, 4) is 0 Å². The Morgan fingerprint density at radius 3 is 2.67 bits per heavy atom. The molecule has 1 aromatic carbocycles. The first-order valence-corrected chi connectivity index (χ1v) is 11.9.